The second kappa shape index (κ2) is 6.88. The number of carbonyl (C=O) groups is 2. The number of aromatic amines is 1. The van der Waals surface area contributed by atoms with Gasteiger partial charge in [-0.3, -0.25) is 19.6 Å². The predicted molar refractivity (Wildman–Crippen MR) is 99.7 cm³/mol. The summed E-state index contributed by atoms with van der Waals surface area (Å²) in [7, 11) is 0. The summed E-state index contributed by atoms with van der Waals surface area (Å²) < 4.78 is 26.8. The Balaban J connectivity index is 1.55. The van der Waals surface area contributed by atoms with E-state index in [0.717, 1.165) is 23.8 Å². The predicted octanol–water partition coefficient (Wildman–Crippen LogP) is 3.27. The Morgan fingerprint density at radius 1 is 1.14 bits per heavy atom. The highest BCUT2D eigenvalue weighted by Gasteiger charge is 2.36. The number of para-hydroxylation sites is 1. The molecule has 0 saturated carbocycles. The zero-order valence-corrected chi connectivity index (χ0v) is 14.9. The molecule has 1 aliphatic rings. The van der Waals surface area contributed by atoms with Crippen molar-refractivity contribution in [3.63, 3.8) is 0 Å². The molecule has 0 bridgehead atoms. The number of nitrogens with one attached hydrogen (secondary N) is 2. The van der Waals surface area contributed by atoms with Crippen LogP contribution >= 0.6 is 0 Å². The zero-order chi connectivity index (χ0) is 19.8. The maximum absolute atomic E-state index is 13.4. The number of carbonyl (C=O) groups excluding carboxylic acids is 2. The van der Waals surface area contributed by atoms with Crippen LogP contribution in [0.15, 0.2) is 48.5 Å². The van der Waals surface area contributed by atoms with Crippen LogP contribution in [0, 0.1) is 11.6 Å². The molecule has 2 aromatic carbocycles. The standard InChI is InChI=1S/C20H16F2N4O2/c1-11(27)26-17-5-3-2-4-12(17)8-18(26)20(28)23-19-10-16(24-25-19)13-6-14(21)9-15(22)7-13/h2-7,9-10,18H,8H2,1H3,(H2,23,24,25,28)/t18-/m0/s1. The molecule has 0 saturated heterocycles. The van der Waals surface area contributed by atoms with E-state index in [-0.39, 0.29) is 17.3 Å². The largest absolute Gasteiger partial charge is 0.307 e. The average Bonchev–Trinajstić information content (AvgIpc) is 3.25. The number of nitrogens with zero attached hydrogens (tertiary/aromatic N) is 2. The Bertz CT molecular complexity index is 1060. The molecule has 1 aromatic heterocycles. The van der Waals surface area contributed by atoms with Crippen molar-refractivity contribution in [3.8, 4) is 11.3 Å². The molecule has 1 aliphatic heterocycles. The minimum Gasteiger partial charge on any atom is -0.307 e. The first kappa shape index (κ1) is 17.8. The van der Waals surface area contributed by atoms with Crippen LogP contribution in [-0.2, 0) is 16.0 Å². The number of fused-ring (bicyclic) bond motifs is 1. The van der Waals surface area contributed by atoms with Crippen molar-refractivity contribution < 1.29 is 18.4 Å². The van der Waals surface area contributed by atoms with E-state index >= 15 is 0 Å². The van der Waals surface area contributed by atoms with Gasteiger partial charge in [0.2, 0.25) is 11.8 Å². The topological polar surface area (TPSA) is 78.1 Å². The second-order valence-corrected chi connectivity index (χ2v) is 6.55. The normalized spacial score (nSPS) is 15.4. The van der Waals surface area contributed by atoms with Gasteiger partial charge in [-0.2, -0.15) is 5.10 Å². The third-order valence-electron chi connectivity index (χ3n) is 4.62. The van der Waals surface area contributed by atoms with E-state index in [9.17, 15) is 18.4 Å². The van der Waals surface area contributed by atoms with Crippen molar-refractivity contribution in [2.45, 2.75) is 19.4 Å². The lowest BCUT2D eigenvalue weighted by Gasteiger charge is -2.22. The van der Waals surface area contributed by atoms with Crippen molar-refractivity contribution in [1.82, 2.24) is 10.2 Å². The lowest BCUT2D eigenvalue weighted by Crippen LogP contribution is -2.44. The molecule has 0 fully saturated rings. The number of H-pyrrole nitrogens is 1. The van der Waals surface area contributed by atoms with Crippen molar-refractivity contribution in [2.24, 2.45) is 0 Å². The summed E-state index contributed by atoms with van der Waals surface area (Å²) >= 11 is 0. The molecule has 3 aromatic rings. The van der Waals surface area contributed by atoms with E-state index in [0.29, 0.717) is 17.8 Å². The summed E-state index contributed by atoms with van der Waals surface area (Å²) in [5.74, 6) is -1.85. The SMILES string of the molecule is CC(=O)N1c2ccccc2C[C@H]1C(=O)Nc1cc(-c2cc(F)cc(F)c2)[nH]n1. The Morgan fingerprint density at radius 2 is 1.86 bits per heavy atom. The quantitative estimate of drug-likeness (QED) is 0.730. The second-order valence-electron chi connectivity index (χ2n) is 6.55. The van der Waals surface area contributed by atoms with Gasteiger partial charge in [-0.25, -0.2) is 8.78 Å². The maximum atomic E-state index is 13.4. The lowest BCUT2D eigenvalue weighted by molar-refractivity contribution is -0.122. The lowest BCUT2D eigenvalue weighted by atomic mass is 10.1. The summed E-state index contributed by atoms with van der Waals surface area (Å²) in [6.45, 7) is 1.41. The summed E-state index contributed by atoms with van der Waals surface area (Å²) in [5.41, 5.74) is 2.25. The van der Waals surface area contributed by atoms with Gasteiger partial charge < -0.3 is 5.32 Å². The smallest absolute Gasteiger partial charge is 0.249 e. The Kier molecular flexibility index (Phi) is 4.38. The molecule has 28 heavy (non-hydrogen) atoms. The Morgan fingerprint density at radius 3 is 2.57 bits per heavy atom. The molecule has 2 amide bonds. The molecule has 1 atom stereocenters. The van der Waals surface area contributed by atoms with Crippen LogP contribution in [-0.4, -0.2) is 28.1 Å². The van der Waals surface area contributed by atoms with Crippen molar-refractivity contribution in [2.75, 3.05) is 10.2 Å². The average molecular weight is 382 g/mol. The van der Waals surface area contributed by atoms with E-state index < -0.39 is 23.6 Å². The summed E-state index contributed by atoms with van der Waals surface area (Å²) in [6, 6.07) is 11.2. The first-order chi connectivity index (χ1) is 13.4. The highest BCUT2D eigenvalue weighted by Crippen LogP contribution is 2.32. The van der Waals surface area contributed by atoms with Gasteiger partial charge in [0, 0.05) is 36.7 Å². The van der Waals surface area contributed by atoms with Crippen LogP contribution < -0.4 is 10.2 Å². The fourth-order valence-corrected chi connectivity index (χ4v) is 3.44. The molecule has 2 heterocycles. The summed E-state index contributed by atoms with van der Waals surface area (Å²) in [4.78, 5) is 26.3. The molecule has 4 rings (SSSR count). The molecule has 0 radical (unpaired) electrons. The van der Waals surface area contributed by atoms with Gasteiger partial charge in [0.15, 0.2) is 5.82 Å². The third kappa shape index (κ3) is 3.24. The Hall–Kier alpha value is -3.55. The van der Waals surface area contributed by atoms with E-state index in [2.05, 4.69) is 15.5 Å². The third-order valence-corrected chi connectivity index (χ3v) is 4.62. The monoisotopic (exact) mass is 382 g/mol. The highest BCUT2D eigenvalue weighted by molar-refractivity contribution is 6.06. The number of anilines is 2. The van der Waals surface area contributed by atoms with Gasteiger partial charge >= 0.3 is 0 Å². The van der Waals surface area contributed by atoms with Crippen LogP contribution in [0.3, 0.4) is 0 Å². The van der Waals surface area contributed by atoms with E-state index in [1.165, 1.54) is 17.9 Å². The fourth-order valence-electron chi connectivity index (χ4n) is 3.44. The van der Waals surface area contributed by atoms with E-state index in [4.69, 9.17) is 0 Å². The van der Waals surface area contributed by atoms with Crippen LogP contribution in [0.25, 0.3) is 11.3 Å². The molecule has 6 nitrogen and oxygen atoms in total. The van der Waals surface area contributed by atoms with Crippen LogP contribution in [0.2, 0.25) is 0 Å². The Labute approximate surface area is 159 Å². The fraction of sp³-hybridized carbons (Fsp3) is 0.150. The zero-order valence-electron chi connectivity index (χ0n) is 14.9. The first-order valence-electron chi connectivity index (χ1n) is 8.63. The van der Waals surface area contributed by atoms with Gasteiger partial charge in [0.25, 0.3) is 0 Å². The van der Waals surface area contributed by atoms with Crippen LogP contribution in [0.4, 0.5) is 20.3 Å². The van der Waals surface area contributed by atoms with E-state index in [1.54, 1.807) is 6.07 Å². The summed E-state index contributed by atoms with van der Waals surface area (Å²) in [6.07, 6.45) is 0.397. The van der Waals surface area contributed by atoms with Gasteiger partial charge in [-0.05, 0) is 23.8 Å². The molecular formula is C20H16F2N4O2. The van der Waals surface area contributed by atoms with Crippen molar-refractivity contribution in [3.05, 3.63) is 65.7 Å². The number of benzene rings is 2. The molecule has 0 spiro atoms. The molecule has 0 aliphatic carbocycles. The van der Waals surface area contributed by atoms with Crippen LogP contribution in [0.1, 0.15) is 12.5 Å². The van der Waals surface area contributed by atoms with Gasteiger partial charge in [0.1, 0.15) is 17.7 Å². The van der Waals surface area contributed by atoms with Gasteiger partial charge in [0.05, 0.1) is 5.69 Å². The maximum Gasteiger partial charge on any atom is 0.249 e. The summed E-state index contributed by atoms with van der Waals surface area (Å²) in [5, 5.41) is 9.28. The molecule has 2 N–H and O–H groups in total. The minimum atomic E-state index is -0.712. The number of amides is 2. The first-order valence-corrected chi connectivity index (χ1v) is 8.63. The van der Waals surface area contributed by atoms with Crippen molar-refractivity contribution >= 4 is 23.3 Å². The number of halogens is 2. The highest BCUT2D eigenvalue weighted by atomic mass is 19.1. The number of rotatable bonds is 3. The van der Waals surface area contributed by atoms with Crippen LogP contribution in [0.5, 0.6) is 0 Å². The minimum absolute atomic E-state index is 0.198. The number of hydrogen-bond acceptors (Lipinski definition) is 3. The van der Waals surface area contributed by atoms with Crippen molar-refractivity contribution in [1.29, 1.82) is 0 Å². The number of hydrogen-bond donors (Lipinski definition) is 2. The van der Waals surface area contributed by atoms with Gasteiger partial charge in [-0.1, -0.05) is 18.2 Å². The number of aromatic nitrogens is 2. The molecule has 0 unspecified atom stereocenters. The molecule has 142 valence electrons. The molecule has 8 heteroatoms. The van der Waals surface area contributed by atoms with Gasteiger partial charge in [-0.15, -0.1) is 0 Å². The van der Waals surface area contributed by atoms with E-state index in [1.807, 2.05) is 18.2 Å². The molecular weight excluding hydrogens is 366 g/mol.